The number of nitrogens with one attached hydrogen (secondary N) is 2. The molecule has 1 aliphatic rings. The predicted molar refractivity (Wildman–Crippen MR) is 83.3 cm³/mol. The van der Waals surface area contributed by atoms with Crippen molar-refractivity contribution in [2.75, 3.05) is 5.43 Å². The van der Waals surface area contributed by atoms with E-state index in [1.807, 2.05) is 0 Å². The lowest BCUT2D eigenvalue weighted by Crippen LogP contribution is -2.43. The summed E-state index contributed by atoms with van der Waals surface area (Å²) in [5.41, 5.74) is 2.31. The molecule has 0 aromatic carbocycles. The number of nitrogen functional groups attached to an aromatic ring is 1. The number of aromatic nitrogens is 1. The second kappa shape index (κ2) is 6.48. The van der Waals surface area contributed by atoms with Gasteiger partial charge in [-0.15, -0.1) is 0 Å². The Kier molecular flexibility index (Phi) is 5.08. The Bertz CT molecular complexity index is 608. The van der Waals surface area contributed by atoms with E-state index in [0.29, 0.717) is 11.8 Å². The Morgan fingerprint density at radius 3 is 2.71 bits per heavy atom. The highest BCUT2D eigenvalue weighted by Gasteiger charge is 2.31. The molecule has 0 aliphatic heterocycles. The summed E-state index contributed by atoms with van der Waals surface area (Å²) < 4.78 is 27.7. The van der Waals surface area contributed by atoms with Crippen molar-refractivity contribution in [1.82, 2.24) is 9.71 Å². The molecule has 21 heavy (non-hydrogen) atoms. The molecule has 0 amide bonds. The number of sulfonamides is 1. The summed E-state index contributed by atoms with van der Waals surface area (Å²) in [6, 6.07) is 1.30. The van der Waals surface area contributed by atoms with Gasteiger partial charge >= 0.3 is 0 Å². The van der Waals surface area contributed by atoms with Crippen molar-refractivity contribution < 1.29 is 8.42 Å². The maximum atomic E-state index is 12.4. The molecule has 0 spiro atoms. The minimum absolute atomic E-state index is 0.0511. The van der Waals surface area contributed by atoms with E-state index in [4.69, 9.17) is 17.4 Å². The first kappa shape index (κ1) is 16.5. The maximum absolute atomic E-state index is 12.4. The van der Waals surface area contributed by atoms with Crippen molar-refractivity contribution in [3.63, 3.8) is 0 Å². The van der Waals surface area contributed by atoms with Crippen LogP contribution in [0, 0.1) is 11.8 Å². The zero-order chi connectivity index (χ0) is 15.6. The lowest BCUT2D eigenvalue weighted by molar-refractivity contribution is 0.227. The summed E-state index contributed by atoms with van der Waals surface area (Å²) in [4.78, 5) is 3.96. The van der Waals surface area contributed by atoms with Crippen LogP contribution in [0.1, 0.15) is 33.1 Å². The van der Waals surface area contributed by atoms with Crippen LogP contribution in [0.5, 0.6) is 0 Å². The Labute approximate surface area is 130 Å². The number of pyridine rings is 1. The van der Waals surface area contributed by atoms with Crippen LogP contribution >= 0.6 is 11.6 Å². The molecule has 3 atom stereocenters. The molecule has 0 bridgehead atoms. The van der Waals surface area contributed by atoms with Gasteiger partial charge in [-0.1, -0.05) is 38.3 Å². The molecule has 1 aliphatic carbocycles. The molecular formula is C13H21ClN4O2S. The molecule has 4 N–H and O–H groups in total. The quantitative estimate of drug-likeness (QED) is 0.579. The van der Waals surface area contributed by atoms with Crippen molar-refractivity contribution in [2.45, 2.75) is 44.0 Å². The third-order valence-corrected chi connectivity index (χ3v) is 6.02. The monoisotopic (exact) mass is 332 g/mol. The first-order valence-corrected chi connectivity index (χ1v) is 8.85. The van der Waals surface area contributed by atoms with Crippen LogP contribution in [0.3, 0.4) is 0 Å². The van der Waals surface area contributed by atoms with Gasteiger partial charge in [-0.3, -0.25) is 0 Å². The largest absolute Gasteiger partial charge is 0.307 e. The number of hydrogen-bond acceptors (Lipinski definition) is 5. The lowest BCUT2D eigenvalue weighted by Gasteiger charge is -2.34. The minimum Gasteiger partial charge on any atom is -0.307 e. The molecule has 2 rings (SSSR count). The number of nitrogens with two attached hydrogens (primary N) is 1. The average molecular weight is 333 g/mol. The zero-order valence-electron chi connectivity index (χ0n) is 12.1. The Morgan fingerprint density at radius 2 is 2.10 bits per heavy atom. The highest BCUT2D eigenvalue weighted by molar-refractivity contribution is 7.89. The summed E-state index contributed by atoms with van der Waals surface area (Å²) in [5.74, 6) is 6.29. The fourth-order valence-electron chi connectivity index (χ4n) is 2.69. The van der Waals surface area contributed by atoms with Crippen LogP contribution in [-0.4, -0.2) is 19.4 Å². The summed E-state index contributed by atoms with van der Waals surface area (Å²) in [5, 5.41) is 0.172. The van der Waals surface area contributed by atoms with Gasteiger partial charge in [0.2, 0.25) is 10.0 Å². The molecule has 1 aromatic rings. The van der Waals surface area contributed by atoms with Gasteiger partial charge in [0, 0.05) is 12.2 Å². The number of anilines is 1. The molecule has 1 fully saturated rings. The van der Waals surface area contributed by atoms with Crippen molar-refractivity contribution in [2.24, 2.45) is 17.7 Å². The number of rotatable bonds is 4. The standard InChI is InChI=1S/C13H21ClN4O2S/c1-8-4-3-5-12(9(8)2)18-21(19,20)10-6-11(14)13(17-15)16-7-10/h6-9,12,18H,3-5,15H2,1-2H3,(H,16,17). The van der Waals surface area contributed by atoms with Gasteiger partial charge in [0.1, 0.15) is 4.90 Å². The van der Waals surface area contributed by atoms with Crippen molar-refractivity contribution in [1.29, 1.82) is 0 Å². The second-order valence-electron chi connectivity index (χ2n) is 5.64. The first-order chi connectivity index (χ1) is 9.85. The van der Waals surface area contributed by atoms with Crippen LogP contribution in [0.2, 0.25) is 5.02 Å². The van der Waals surface area contributed by atoms with Crippen molar-refractivity contribution in [3.05, 3.63) is 17.3 Å². The Balaban J connectivity index is 2.20. The zero-order valence-corrected chi connectivity index (χ0v) is 13.7. The van der Waals surface area contributed by atoms with E-state index in [9.17, 15) is 8.42 Å². The maximum Gasteiger partial charge on any atom is 0.242 e. The first-order valence-electron chi connectivity index (χ1n) is 6.99. The Morgan fingerprint density at radius 1 is 1.38 bits per heavy atom. The molecular weight excluding hydrogens is 312 g/mol. The van der Waals surface area contributed by atoms with Crippen LogP contribution in [0.4, 0.5) is 5.82 Å². The SMILES string of the molecule is CC1CCCC(NS(=O)(=O)c2cnc(NN)c(Cl)c2)C1C. The van der Waals surface area contributed by atoms with Crippen LogP contribution in [-0.2, 0) is 10.0 Å². The van der Waals surface area contributed by atoms with Gasteiger partial charge in [0.05, 0.1) is 5.02 Å². The molecule has 1 saturated carbocycles. The van der Waals surface area contributed by atoms with Gasteiger partial charge in [0.25, 0.3) is 0 Å². The van der Waals surface area contributed by atoms with Gasteiger partial charge < -0.3 is 5.43 Å². The third kappa shape index (κ3) is 3.66. The highest BCUT2D eigenvalue weighted by Crippen LogP contribution is 2.30. The van der Waals surface area contributed by atoms with Crippen LogP contribution in [0.15, 0.2) is 17.2 Å². The van der Waals surface area contributed by atoms with Crippen molar-refractivity contribution in [3.8, 4) is 0 Å². The van der Waals surface area contributed by atoms with Gasteiger partial charge in [-0.05, 0) is 24.3 Å². The van der Waals surface area contributed by atoms with E-state index in [1.54, 1.807) is 0 Å². The van der Waals surface area contributed by atoms with Gasteiger partial charge in [-0.2, -0.15) is 0 Å². The summed E-state index contributed by atoms with van der Waals surface area (Å²) >= 11 is 5.93. The van der Waals surface area contributed by atoms with Crippen molar-refractivity contribution >= 4 is 27.4 Å². The van der Waals surface area contributed by atoms with E-state index < -0.39 is 10.0 Å². The van der Waals surface area contributed by atoms with Gasteiger partial charge in [0.15, 0.2) is 5.82 Å². The molecule has 118 valence electrons. The summed E-state index contributed by atoms with van der Waals surface area (Å²) in [6.45, 7) is 4.24. The summed E-state index contributed by atoms with van der Waals surface area (Å²) in [6.07, 6.45) is 4.28. The fourth-order valence-corrected chi connectivity index (χ4v) is 4.31. The lowest BCUT2D eigenvalue weighted by atomic mass is 9.78. The fraction of sp³-hybridized carbons (Fsp3) is 0.615. The number of hydrogen-bond donors (Lipinski definition) is 3. The Hall–Kier alpha value is -0.890. The predicted octanol–water partition coefficient (Wildman–Crippen LogP) is 2.12. The normalized spacial score (nSPS) is 26.6. The number of halogens is 1. The van der Waals surface area contributed by atoms with E-state index in [-0.39, 0.29) is 21.8 Å². The molecule has 1 heterocycles. The van der Waals surface area contributed by atoms with Crippen LogP contribution < -0.4 is 16.0 Å². The van der Waals surface area contributed by atoms with Crippen LogP contribution in [0.25, 0.3) is 0 Å². The smallest absolute Gasteiger partial charge is 0.242 e. The molecule has 8 heteroatoms. The highest BCUT2D eigenvalue weighted by atomic mass is 35.5. The van der Waals surface area contributed by atoms with E-state index >= 15 is 0 Å². The number of hydrazine groups is 1. The van der Waals surface area contributed by atoms with E-state index in [0.717, 1.165) is 19.3 Å². The number of nitrogens with zero attached hydrogens (tertiary/aromatic N) is 1. The molecule has 0 saturated heterocycles. The summed E-state index contributed by atoms with van der Waals surface area (Å²) in [7, 11) is -3.63. The topological polar surface area (TPSA) is 97.1 Å². The second-order valence-corrected chi connectivity index (χ2v) is 7.76. The van der Waals surface area contributed by atoms with Gasteiger partial charge in [-0.25, -0.2) is 24.0 Å². The molecule has 3 unspecified atom stereocenters. The minimum atomic E-state index is -3.63. The van der Waals surface area contributed by atoms with E-state index in [1.165, 1.54) is 12.3 Å². The molecule has 1 aromatic heterocycles. The third-order valence-electron chi connectivity index (χ3n) is 4.28. The average Bonchev–Trinajstić information content (AvgIpc) is 2.43. The molecule has 0 radical (unpaired) electrons. The molecule has 6 nitrogen and oxygen atoms in total. The van der Waals surface area contributed by atoms with E-state index in [2.05, 4.69) is 29.0 Å².